The van der Waals surface area contributed by atoms with Gasteiger partial charge in [0.25, 0.3) is 0 Å². The second kappa shape index (κ2) is 6.11. The van der Waals surface area contributed by atoms with Crippen molar-refractivity contribution in [1.29, 1.82) is 0 Å². The van der Waals surface area contributed by atoms with E-state index in [1.807, 2.05) is 32.0 Å². The lowest BCUT2D eigenvalue weighted by Crippen LogP contribution is -2.24. The molecule has 1 unspecified atom stereocenters. The van der Waals surface area contributed by atoms with Crippen LogP contribution in [0, 0.1) is 6.92 Å². The van der Waals surface area contributed by atoms with Crippen LogP contribution in [0.25, 0.3) is 0 Å². The van der Waals surface area contributed by atoms with Gasteiger partial charge in [0.05, 0.1) is 15.5 Å². The molecule has 0 saturated carbocycles. The third-order valence-electron chi connectivity index (χ3n) is 3.05. The van der Waals surface area contributed by atoms with Crippen LogP contribution in [0.5, 0.6) is 0 Å². The van der Waals surface area contributed by atoms with E-state index in [0.717, 1.165) is 16.7 Å². The number of aldehydes is 1. The molecule has 0 aliphatic carbocycles. The molecule has 0 spiro atoms. The van der Waals surface area contributed by atoms with Gasteiger partial charge in [-0.25, -0.2) is 0 Å². The quantitative estimate of drug-likeness (QED) is 0.424. The largest absolute Gasteiger partial charge is 0.461 e. The summed E-state index contributed by atoms with van der Waals surface area (Å²) in [7, 11) is 1.26. The Hall–Kier alpha value is -0.790. The van der Waals surface area contributed by atoms with Crippen LogP contribution in [-0.2, 0) is 9.78 Å². The van der Waals surface area contributed by atoms with Gasteiger partial charge in [0.1, 0.15) is 5.60 Å². The molecule has 0 aliphatic heterocycles. The first kappa shape index (κ1) is 14.6. The van der Waals surface area contributed by atoms with Gasteiger partial charge in [-0.3, -0.25) is 8.98 Å². The third-order valence-corrected chi connectivity index (χ3v) is 3.99. The third kappa shape index (κ3) is 3.04. The lowest BCUT2D eigenvalue weighted by atomic mass is 9.89. The standard InChI is InChI=1S/C14H13IO3S/c1-10-4-3-5-11(6-10)14(2,18-19-15)12-7-13(8-16)17-9-12/h3-9H,1-2H3. The summed E-state index contributed by atoms with van der Waals surface area (Å²) in [6.07, 6.45) is 2.26. The van der Waals surface area contributed by atoms with Crippen LogP contribution in [0.4, 0.5) is 0 Å². The molecule has 1 aromatic carbocycles. The molecule has 100 valence electrons. The highest BCUT2D eigenvalue weighted by molar-refractivity contribution is 14.2. The molecule has 1 atom stereocenters. The summed E-state index contributed by atoms with van der Waals surface area (Å²) in [6, 6.07) is 9.81. The number of benzene rings is 1. The second-order valence-corrected chi connectivity index (χ2v) is 5.78. The van der Waals surface area contributed by atoms with Crippen molar-refractivity contribution in [1.82, 2.24) is 0 Å². The van der Waals surface area contributed by atoms with Gasteiger partial charge in [-0.2, -0.15) is 0 Å². The van der Waals surface area contributed by atoms with Gasteiger partial charge in [0, 0.05) is 26.8 Å². The van der Waals surface area contributed by atoms with Crippen molar-refractivity contribution in [2.45, 2.75) is 19.4 Å². The first-order chi connectivity index (χ1) is 9.10. The van der Waals surface area contributed by atoms with Crippen molar-refractivity contribution in [3.63, 3.8) is 0 Å². The monoisotopic (exact) mass is 388 g/mol. The molecule has 0 amide bonds. The van der Waals surface area contributed by atoms with Crippen LogP contribution in [-0.4, -0.2) is 6.29 Å². The van der Waals surface area contributed by atoms with Crippen molar-refractivity contribution in [3.8, 4) is 0 Å². The summed E-state index contributed by atoms with van der Waals surface area (Å²) in [6.45, 7) is 4.00. The number of halogens is 1. The average molecular weight is 388 g/mol. The van der Waals surface area contributed by atoms with E-state index in [0.29, 0.717) is 12.0 Å². The summed E-state index contributed by atoms with van der Waals surface area (Å²) in [4.78, 5) is 10.8. The topological polar surface area (TPSA) is 39.4 Å². The van der Waals surface area contributed by atoms with E-state index in [2.05, 4.69) is 27.3 Å². The minimum atomic E-state index is -0.650. The molecule has 0 bridgehead atoms. The number of furan rings is 1. The van der Waals surface area contributed by atoms with Gasteiger partial charge >= 0.3 is 0 Å². The zero-order chi connectivity index (χ0) is 13.9. The zero-order valence-corrected chi connectivity index (χ0v) is 13.5. The lowest BCUT2D eigenvalue weighted by molar-refractivity contribution is 0.110. The highest BCUT2D eigenvalue weighted by Gasteiger charge is 2.32. The summed E-state index contributed by atoms with van der Waals surface area (Å²) < 4.78 is 11.0. The van der Waals surface area contributed by atoms with Crippen molar-refractivity contribution >= 4 is 36.7 Å². The number of aryl methyl sites for hydroxylation is 1. The van der Waals surface area contributed by atoms with Gasteiger partial charge in [0.15, 0.2) is 12.0 Å². The number of hydrogen-bond donors (Lipinski definition) is 0. The van der Waals surface area contributed by atoms with E-state index >= 15 is 0 Å². The predicted molar refractivity (Wildman–Crippen MR) is 84.4 cm³/mol. The lowest BCUT2D eigenvalue weighted by Gasteiger charge is -2.27. The maximum absolute atomic E-state index is 10.8. The molecule has 0 radical (unpaired) electrons. The fourth-order valence-corrected chi connectivity index (χ4v) is 3.33. The molecule has 3 nitrogen and oxygen atoms in total. The Labute approximate surface area is 128 Å². The summed E-state index contributed by atoms with van der Waals surface area (Å²) in [5.41, 5.74) is 2.35. The summed E-state index contributed by atoms with van der Waals surface area (Å²) in [5.74, 6) is 0.302. The van der Waals surface area contributed by atoms with E-state index in [1.54, 1.807) is 12.3 Å². The first-order valence-electron chi connectivity index (χ1n) is 5.68. The molecule has 1 aromatic heterocycles. The van der Waals surface area contributed by atoms with Crippen LogP contribution >= 0.6 is 30.4 Å². The molecule has 19 heavy (non-hydrogen) atoms. The number of carbonyl (C=O) groups is 1. The van der Waals surface area contributed by atoms with E-state index < -0.39 is 5.60 Å². The maximum atomic E-state index is 10.8. The van der Waals surface area contributed by atoms with Crippen molar-refractivity contribution in [2.75, 3.05) is 0 Å². The van der Waals surface area contributed by atoms with E-state index in [4.69, 9.17) is 8.60 Å². The predicted octanol–water partition coefficient (Wildman–Crippen LogP) is 4.68. The molecular weight excluding hydrogens is 375 g/mol. The fraction of sp³-hybridized carbons (Fsp3) is 0.214. The minimum absolute atomic E-state index is 0.302. The average Bonchev–Trinajstić information content (AvgIpc) is 2.88. The van der Waals surface area contributed by atoms with Crippen LogP contribution in [0.3, 0.4) is 0 Å². The molecule has 0 fully saturated rings. The van der Waals surface area contributed by atoms with Crippen LogP contribution < -0.4 is 0 Å². The SMILES string of the molecule is Cc1cccc(C(C)(OSI)c2coc(C=O)c2)c1. The Morgan fingerprint density at radius 2 is 2.16 bits per heavy atom. The Bertz CT molecular complexity index is 582. The Balaban J connectivity index is 2.50. The number of hydrogen-bond acceptors (Lipinski definition) is 4. The van der Waals surface area contributed by atoms with Crippen molar-refractivity contribution < 1.29 is 13.4 Å². The van der Waals surface area contributed by atoms with Gasteiger partial charge in [-0.1, -0.05) is 29.8 Å². The Kier molecular flexibility index (Phi) is 4.70. The van der Waals surface area contributed by atoms with Crippen LogP contribution in [0.2, 0.25) is 0 Å². The van der Waals surface area contributed by atoms with E-state index in [1.165, 1.54) is 9.21 Å². The molecule has 2 aromatic rings. The molecule has 0 N–H and O–H groups in total. The van der Waals surface area contributed by atoms with E-state index in [9.17, 15) is 4.79 Å². The smallest absolute Gasteiger partial charge is 0.185 e. The van der Waals surface area contributed by atoms with Gasteiger partial charge in [-0.15, -0.1) is 0 Å². The van der Waals surface area contributed by atoms with E-state index in [-0.39, 0.29) is 0 Å². The molecule has 5 heteroatoms. The second-order valence-electron chi connectivity index (χ2n) is 4.40. The summed E-state index contributed by atoms with van der Waals surface area (Å²) in [5, 5.41) is 0. The van der Waals surface area contributed by atoms with Gasteiger partial charge in [0.2, 0.25) is 0 Å². The van der Waals surface area contributed by atoms with Crippen molar-refractivity contribution in [3.05, 3.63) is 59.0 Å². The highest BCUT2D eigenvalue weighted by atomic mass is 127. The number of carbonyl (C=O) groups excluding carboxylic acids is 1. The van der Waals surface area contributed by atoms with Gasteiger partial charge < -0.3 is 4.42 Å². The fourth-order valence-electron chi connectivity index (χ4n) is 1.93. The zero-order valence-electron chi connectivity index (χ0n) is 10.6. The maximum Gasteiger partial charge on any atom is 0.185 e. The molecule has 2 rings (SSSR count). The first-order valence-corrected chi connectivity index (χ1v) is 8.96. The highest BCUT2D eigenvalue weighted by Crippen LogP contribution is 2.39. The molecule has 1 heterocycles. The number of rotatable bonds is 5. The Morgan fingerprint density at radius 3 is 2.74 bits per heavy atom. The van der Waals surface area contributed by atoms with Crippen LogP contribution in [0.15, 0.2) is 41.0 Å². The van der Waals surface area contributed by atoms with Crippen molar-refractivity contribution in [2.24, 2.45) is 0 Å². The van der Waals surface area contributed by atoms with Gasteiger partial charge in [-0.05, 0) is 25.5 Å². The molecule has 0 saturated heterocycles. The van der Waals surface area contributed by atoms with Crippen LogP contribution in [0.1, 0.15) is 34.2 Å². The minimum Gasteiger partial charge on any atom is -0.461 e. The molecular formula is C14H13IO3S. The summed E-state index contributed by atoms with van der Waals surface area (Å²) >= 11 is 2.09. The molecule has 0 aliphatic rings. The normalized spacial score (nSPS) is 14.1. The Morgan fingerprint density at radius 1 is 1.37 bits per heavy atom.